The molecule has 0 bridgehead atoms. The number of ether oxygens (including phenoxy) is 2. The fourth-order valence-corrected chi connectivity index (χ4v) is 3.75. The third-order valence-corrected chi connectivity index (χ3v) is 5.81. The molecule has 1 heterocycles. The zero-order valence-corrected chi connectivity index (χ0v) is 12.4. The molecule has 7 heteroatoms. The second kappa shape index (κ2) is 4.62. The molecule has 1 aliphatic heterocycles. The fourth-order valence-electron chi connectivity index (χ4n) is 2.58. The summed E-state index contributed by atoms with van der Waals surface area (Å²) in [4.78, 5) is 11.4. The Morgan fingerprint density at radius 2 is 1.95 bits per heavy atom. The summed E-state index contributed by atoms with van der Waals surface area (Å²) < 4.78 is 33.2. The van der Waals surface area contributed by atoms with Crippen molar-refractivity contribution in [2.75, 3.05) is 18.6 Å². The molecule has 114 valence electrons. The van der Waals surface area contributed by atoms with E-state index >= 15 is 0 Å². The summed E-state index contributed by atoms with van der Waals surface area (Å²) >= 11 is 0. The molecule has 1 saturated carbocycles. The highest BCUT2D eigenvalue weighted by atomic mass is 32.2. The molecule has 6 nitrogen and oxygen atoms in total. The van der Waals surface area contributed by atoms with Crippen LogP contribution < -0.4 is 9.47 Å². The van der Waals surface area contributed by atoms with Crippen LogP contribution >= 0.6 is 0 Å². The van der Waals surface area contributed by atoms with Gasteiger partial charge in [0.25, 0.3) is 0 Å². The predicted octanol–water partition coefficient (Wildman–Crippen LogP) is 0.987. The molecule has 1 aromatic carbocycles. The summed E-state index contributed by atoms with van der Waals surface area (Å²) in [6.07, 6.45) is 0.816. The number of hydrogen-bond acceptors (Lipinski definition) is 5. The van der Waals surface area contributed by atoms with Crippen LogP contribution in [0.25, 0.3) is 0 Å². The van der Waals surface area contributed by atoms with Crippen LogP contribution in [-0.2, 0) is 20.0 Å². The average Bonchev–Trinajstić information content (AvgIpc) is 3.18. The summed E-state index contributed by atoms with van der Waals surface area (Å²) in [7, 11) is -1.48. The highest BCUT2D eigenvalue weighted by molar-refractivity contribution is 7.92. The molecule has 3 rings (SSSR count). The van der Waals surface area contributed by atoms with Crippen molar-refractivity contribution in [1.29, 1.82) is 0 Å². The van der Waals surface area contributed by atoms with E-state index in [9.17, 15) is 18.3 Å². The van der Waals surface area contributed by atoms with E-state index in [1.807, 2.05) is 0 Å². The normalized spacial score (nSPS) is 22.1. The Bertz CT molecular complexity index is 677. The molecule has 0 amide bonds. The van der Waals surface area contributed by atoms with Crippen molar-refractivity contribution in [2.24, 2.45) is 0 Å². The number of carboxylic acid groups (broad SMARTS) is 1. The summed E-state index contributed by atoms with van der Waals surface area (Å²) in [5.74, 6) is 0.0195. The van der Waals surface area contributed by atoms with Crippen LogP contribution in [-0.4, -0.2) is 44.2 Å². The first-order valence-corrected chi connectivity index (χ1v) is 8.47. The molecular formula is C14H16O6S. The van der Waals surface area contributed by atoms with Crippen LogP contribution in [0, 0.1) is 0 Å². The third-order valence-electron chi connectivity index (χ3n) is 4.05. The van der Waals surface area contributed by atoms with E-state index in [-0.39, 0.29) is 17.6 Å². The minimum Gasteiger partial charge on any atom is -0.493 e. The Hall–Kier alpha value is -1.76. The van der Waals surface area contributed by atoms with E-state index in [0.29, 0.717) is 29.9 Å². The lowest BCUT2D eigenvalue weighted by Crippen LogP contribution is -2.45. The van der Waals surface area contributed by atoms with Gasteiger partial charge >= 0.3 is 5.97 Å². The molecule has 1 aromatic rings. The van der Waals surface area contributed by atoms with Crippen molar-refractivity contribution < 1.29 is 27.8 Å². The summed E-state index contributed by atoms with van der Waals surface area (Å²) in [6, 6.07) is 5.05. The second-order valence-corrected chi connectivity index (χ2v) is 7.72. The van der Waals surface area contributed by atoms with Gasteiger partial charge < -0.3 is 14.6 Å². The van der Waals surface area contributed by atoms with Gasteiger partial charge in [0.1, 0.15) is 6.10 Å². The predicted molar refractivity (Wildman–Crippen MR) is 74.6 cm³/mol. The molecule has 0 radical (unpaired) electrons. The molecule has 2 fully saturated rings. The molecule has 1 N–H and O–H groups in total. The molecule has 0 unspecified atom stereocenters. The van der Waals surface area contributed by atoms with Crippen molar-refractivity contribution in [2.45, 2.75) is 24.4 Å². The van der Waals surface area contributed by atoms with Crippen molar-refractivity contribution in [3.05, 3.63) is 23.8 Å². The lowest BCUT2D eigenvalue weighted by Gasteiger charge is -2.27. The van der Waals surface area contributed by atoms with Gasteiger partial charge in [-0.05, 0) is 30.5 Å². The van der Waals surface area contributed by atoms with Crippen molar-refractivity contribution in [1.82, 2.24) is 0 Å². The fraction of sp³-hybridized carbons (Fsp3) is 0.500. The van der Waals surface area contributed by atoms with Crippen molar-refractivity contribution >= 4 is 15.8 Å². The number of benzene rings is 1. The number of aliphatic carboxylic acids is 1. The summed E-state index contributed by atoms with van der Waals surface area (Å²) in [5.41, 5.74) is -0.149. The molecule has 0 atom stereocenters. The zero-order chi connectivity index (χ0) is 15.3. The van der Waals surface area contributed by atoms with E-state index in [4.69, 9.17) is 9.47 Å². The number of sulfone groups is 1. The second-order valence-electron chi connectivity index (χ2n) is 5.57. The molecule has 1 saturated heterocycles. The van der Waals surface area contributed by atoms with Crippen LogP contribution in [0.4, 0.5) is 0 Å². The monoisotopic (exact) mass is 312 g/mol. The van der Waals surface area contributed by atoms with Gasteiger partial charge in [0.2, 0.25) is 0 Å². The lowest BCUT2D eigenvalue weighted by molar-refractivity contribution is -0.140. The third kappa shape index (κ3) is 2.46. The SMILES string of the molecule is COc1ccc(C2(C(=O)O)CC2)cc1OC1CS(=O)(=O)C1. The number of rotatable bonds is 5. The Morgan fingerprint density at radius 1 is 1.29 bits per heavy atom. The standard InChI is InChI=1S/C14H16O6S/c1-19-11-3-2-9(14(4-5-14)13(15)16)6-12(11)20-10-7-21(17,18)8-10/h2-3,6,10H,4-5,7-8H2,1H3,(H,15,16). The van der Waals surface area contributed by atoms with E-state index in [1.165, 1.54) is 7.11 Å². The van der Waals surface area contributed by atoms with Gasteiger partial charge in [-0.2, -0.15) is 0 Å². The van der Waals surface area contributed by atoms with Crippen LogP contribution in [0.1, 0.15) is 18.4 Å². The molecule has 2 aliphatic rings. The maximum Gasteiger partial charge on any atom is 0.314 e. The van der Waals surface area contributed by atoms with Gasteiger partial charge in [0.05, 0.1) is 24.0 Å². The van der Waals surface area contributed by atoms with Gasteiger partial charge in [0.15, 0.2) is 21.3 Å². The Labute approximate surface area is 122 Å². The van der Waals surface area contributed by atoms with Crippen molar-refractivity contribution in [3.63, 3.8) is 0 Å². The minimum absolute atomic E-state index is 0.00947. The van der Waals surface area contributed by atoms with E-state index in [1.54, 1.807) is 18.2 Å². The van der Waals surface area contributed by atoms with Crippen LogP contribution in [0.3, 0.4) is 0 Å². The summed E-state index contributed by atoms with van der Waals surface area (Å²) in [6.45, 7) is 0. The van der Waals surface area contributed by atoms with Gasteiger partial charge in [0, 0.05) is 0 Å². The number of methoxy groups -OCH3 is 1. The molecule has 0 aromatic heterocycles. The Balaban J connectivity index is 1.86. The lowest BCUT2D eigenvalue weighted by atomic mass is 9.96. The average molecular weight is 312 g/mol. The molecular weight excluding hydrogens is 296 g/mol. The smallest absolute Gasteiger partial charge is 0.314 e. The first-order valence-electron chi connectivity index (χ1n) is 6.65. The minimum atomic E-state index is -2.97. The van der Waals surface area contributed by atoms with E-state index in [0.717, 1.165) is 0 Å². The Morgan fingerprint density at radius 3 is 2.43 bits per heavy atom. The Kier molecular flexibility index (Phi) is 3.12. The number of carbonyl (C=O) groups is 1. The number of carboxylic acids is 1. The van der Waals surface area contributed by atoms with Gasteiger partial charge in [-0.25, -0.2) is 8.42 Å². The molecule has 0 spiro atoms. The van der Waals surface area contributed by atoms with Crippen molar-refractivity contribution in [3.8, 4) is 11.5 Å². The van der Waals surface area contributed by atoms with Crippen LogP contribution in [0.5, 0.6) is 11.5 Å². The molecule has 1 aliphatic carbocycles. The highest BCUT2D eigenvalue weighted by Gasteiger charge is 2.52. The van der Waals surface area contributed by atoms with Crippen LogP contribution in [0.15, 0.2) is 18.2 Å². The highest BCUT2D eigenvalue weighted by Crippen LogP contribution is 2.50. The molecule has 21 heavy (non-hydrogen) atoms. The van der Waals surface area contributed by atoms with E-state index in [2.05, 4.69) is 0 Å². The first-order chi connectivity index (χ1) is 9.86. The largest absolute Gasteiger partial charge is 0.493 e. The van der Waals surface area contributed by atoms with E-state index < -0.39 is 21.2 Å². The van der Waals surface area contributed by atoms with Crippen LogP contribution in [0.2, 0.25) is 0 Å². The van der Waals surface area contributed by atoms with Gasteiger partial charge in [-0.1, -0.05) is 6.07 Å². The topological polar surface area (TPSA) is 89.9 Å². The maximum atomic E-state index is 11.4. The zero-order valence-electron chi connectivity index (χ0n) is 11.5. The van der Waals surface area contributed by atoms with Gasteiger partial charge in [-0.3, -0.25) is 4.79 Å². The maximum absolute atomic E-state index is 11.4. The first kappa shape index (κ1) is 14.2. The van der Waals surface area contributed by atoms with Gasteiger partial charge in [-0.15, -0.1) is 0 Å². The number of hydrogen-bond donors (Lipinski definition) is 1. The quantitative estimate of drug-likeness (QED) is 0.872. The summed E-state index contributed by atoms with van der Waals surface area (Å²) in [5, 5.41) is 9.33.